The van der Waals surface area contributed by atoms with Crippen LogP contribution in [0.15, 0.2) is 30.3 Å². The molecular weight excluding hydrogens is 246 g/mol. The third kappa shape index (κ3) is 3.74. The molecule has 0 aliphatic carbocycles. The SMILES string of the molecule is CC(C)C1CN(CC(F)F)C(c2ccccc2)CN1. The zero-order chi connectivity index (χ0) is 13.8. The standard InChI is InChI=1S/C15H22F2N2/c1-11(2)13-9-19(10-15(16)17)14(8-18-13)12-6-4-3-5-7-12/h3-7,11,13-15,18H,8-10H2,1-2H3. The van der Waals surface area contributed by atoms with Crippen LogP contribution in [0.4, 0.5) is 8.78 Å². The van der Waals surface area contributed by atoms with Crippen molar-refractivity contribution in [3.05, 3.63) is 35.9 Å². The van der Waals surface area contributed by atoms with Crippen LogP contribution in [0.3, 0.4) is 0 Å². The highest BCUT2D eigenvalue weighted by molar-refractivity contribution is 5.20. The predicted molar refractivity (Wildman–Crippen MR) is 73.4 cm³/mol. The number of halogens is 2. The van der Waals surface area contributed by atoms with Crippen molar-refractivity contribution >= 4 is 0 Å². The van der Waals surface area contributed by atoms with Gasteiger partial charge in [-0.2, -0.15) is 0 Å². The summed E-state index contributed by atoms with van der Waals surface area (Å²) in [5.74, 6) is 0.455. The molecule has 19 heavy (non-hydrogen) atoms. The molecule has 1 heterocycles. The minimum atomic E-state index is -2.28. The van der Waals surface area contributed by atoms with Crippen molar-refractivity contribution in [1.29, 1.82) is 0 Å². The topological polar surface area (TPSA) is 15.3 Å². The predicted octanol–water partition coefficient (Wildman–Crippen LogP) is 2.92. The van der Waals surface area contributed by atoms with Crippen LogP contribution in [0.1, 0.15) is 25.5 Å². The normalized spacial score (nSPS) is 25.2. The third-order valence-electron chi connectivity index (χ3n) is 3.81. The number of alkyl halides is 2. The van der Waals surface area contributed by atoms with E-state index >= 15 is 0 Å². The first-order chi connectivity index (χ1) is 9.08. The maximum Gasteiger partial charge on any atom is 0.251 e. The molecule has 0 saturated carbocycles. The molecule has 2 unspecified atom stereocenters. The first-order valence-electron chi connectivity index (χ1n) is 6.88. The number of hydrogen-bond acceptors (Lipinski definition) is 2. The summed E-state index contributed by atoms with van der Waals surface area (Å²) < 4.78 is 25.5. The van der Waals surface area contributed by atoms with Gasteiger partial charge in [0.2, 0.25) is 0 Å². The summed E-state index contributed by atoms with van der Waals surface area (Å²) in [7, 11) is 0. The van der Waals surface area contributed by atoms with Crippen LogP contribution in [0.25, 0.3) is 0 Å². The molecule has 0 aromatic heterocycles. The van der Waals surface area contributed by atoms with Crippen molar-refractivity contribution in [3.63, 3.8) is 0 Å². The van der Waals surface area contributed by atoms with Gasteiger partial charge in [0.15, 0.2) is 0 Å². The Kier molecular flexibility index (Phi) is 4.88. The van der Waals surface area contributed by atoms with Crippen molar-refractivity contribution in [2.75, 3.05) is 19.6 Å². The summed E-state index contributed by atoms with van der Waals surface area (Å²) in [5.41, 5.74) is 1.11. The second-order valence-electron chi connectivity index (χ2n) is 5.53. The van der Waals surface area contributed by atoms with Crippen LogP contribution in [0, 0.1) is 5.92 Å². The van der Waals surface area contributed by atoms with E-state index in [1.165, 1.54) is 0 Å². The van der Waals surface area contributed by atoms with Crippen molar-refractivity contribution in [2.45, 2.75) is 32.4 Å². The Balaban J connectivity index is 2.13. The number of piperazine rings is 1. The van der Waals surface area contributed by atoms with Crippen molar-refractivity contribution in [3.8, 4) is 0 Å². The molecule has 1 N–H and O–H groups in total. The average Bonchev–Trinajstić information content (AvgIpc) is 2.39. The Hall–Kier alpha value is -1.00. The number of hydrogen-bond donors (Lipinski definition) is 1. The Bertz CT molecular complexity index is 381. The van der Waals surface area contributed by atoms with E-state index in [1.54, 1.807) is 0 Å². The highest BCUT2D eigenvalue weighted by atomic mass is 19.3. The largest absolute Gasteiger partial charge is 0.311 e. The van der Waals surface area contributed by atoms with Crippen LogP contribution in [-0.2, 0) is 0 Å². The molecule has 2 nitrogen and oxygen atoms in total. The highest BCUT2D eigenvalue weighted by Gasteiger charge is 2.31. The van der Waals surface area contributed by atoms with Gasteiger partial charge in [-0.3, -0.25) is 4.90 Å². The van der Waals surface area contributed by atoms with E-state index in [9.17, 15) is 8.78 Å². The average molecular weight is 268 g/mol. The molecule has 106 valence electrons. The summed E-state index contributed by atoms with van der Waals surface area (Å²) in [6.45, 7) is 5.52. The summed E-state index contributed by atoms with van der Waals surface area (Å²) in [6.07, 6.45) is -2.28. The second-order valence-corrected chi connectivity index (χ2v) is 5.53. The van der Waals surface area contributed by atoms with E-state index in [-0.39, 0.29) is 12.6 Å². The van der Waals surface area contributed by atoms with Gasteiger partial charge in [-0.1, -0.05) is 44.2 Å². The molecule has 1 aromatic rings. The molecule has 2 rings (SSSR count). The maximum absolute atomic E-state index is 12.8. The van der Waals surface area contributed by atoms with Gasteiger partial charge in [0.1, 0.15) is 0 Å². The van der Waals surface area contributed by atoms with E-state index in [1.807, 2.05) is 35.2 Å². The van der Waals surface area contributed by atoms with Crippen LogP contribution >= 0.6 is 0 Å². The van der Waals surface area contributed by atoms with Gasteiger partial charge in [-0.05, 0) is 11.5 Å². The molecule has 1 saturated heterocycles. The molecule has 1 aliphatic rings. The Labute approximate surface area is 113 Å². The molecule has 0 bridgehead atoms. The monoisotopic (exact) mass is 268 g/mol. The Morgan fingerprint density at radius 3 is 2.53 bits per heavy atom. The first-order valence-corrected chi connectivity index (χ1v) is 6.88. The fourth-order valence-electron chi connectivity index (χ4n) is 2.67. The molecule has 0 amide bonds. The van der Waals surface area contributed by atoms with Gasteiger partial charge in [-0.25, -0.2) is 8.78 Å². The minimum absolute atomic E-state index is 0.0465. The number of nitrogens with one attached hydrogen (secondary N) is 1. The lowest BCUT2D eigenvalue weighted by Gasteiger charge is -2.42. The second kappa shape index (κ2) is 6.44. The molecule has 0 spiro atoms. The molecule has 1 aromatic carbocycles. The Morgan fingerprint density at radius 2 is 1.95 bits per heavy atom. The van der Waals surface area contributed by atoms with Crippen LogP contribution in [-0.4, -0.2) is 37.0 Å². The van der Waals surface area contributed by atoms with Gasteiger partial charge in [-0.15, -0.1) is 0 Å². The molecule has 2 atom stereocenters. The quantitative estimate of drug-likeness (QED) is 0.903. The van der Waals surface area contributed by atoms with Crippen LogP contribution in [0.2, 0.25) is 0 Å². The number of benzene rings is 1. The fraction of sp³-hybridized carbons (Fsp3) is 0.600. The molecule has 1 fully saturated rings. The van der Waals surface area contributed by atoms with Crippen molar-refractivity contribution < 1.29 is 8.78 Å². The van der Waals surface area contributed by atoms with Crippen LogP contribution in [0.5, 0.6) is 0 Å². The van der Waals surface area contributed by atoms with Crippen LogP contribution < -0.4 is 5.32 Å². The summed E-state index contributed by atoms with van der Waals surface area (Å²) in [6, 6.07) is 10.2. The van der Waals surface area contributed by atoms with Gasteiger partial charge >= 0.3 is 0 Å². The van der Waals surface area contributed by atoms with Gasteiger partial charge in [0, 0.05) is 25.2 Å². The summed E-state index contributed by atoms with van der Waals surface area (Å²) in [5, 5.41) is 3.48. The molecule has 4 heteroatoms. The van der Waals surface area contributed by atoms with Gasteiger partial charge in [0.25, 0.3) is 6.43 Å². The lowest BCUT2D eigenvalue weighted by molar-refractivity contribution is 0.0364. The van der Waals surface area contributed by atoms with E-state index in [4.69, 9.17) is 0 Å². The van der Waals surface area contributed by atoms with E-state index in [0.29, 0.717) is 18.5 Å². The number of rotatable bonds is 4. The smallest absolute Gasteiger partial charge is 0.251 e. The fourth-order valence-corrected chi connectivity index (χ4v) is 2.67. The summed E-state index contributed by atoms with van der Waals surface area (Å²) >= 11 is 0. The maximum atomic E-state index is 12.8. The highest BCUT2D eigenvalue weighted by Crippen LogP contribution is 2.25. The Morgan fingerprint density at radius 1 is 1.26 bits per heavy atom. The lowest BCUT2D eigenvalue weighted by Crippen LogP contribution is -2.55. The van der Waals surface area contributed by atoms with Crippen molar-refractivity contribution in [2.24, 2.45) is 5.92 Å². The lowest BCUT2D eigenvalue weighted by atomic mass is 9.96. The van der Waals surface area contributed by atoms with E-state index in [2.05, 4.69) is 19.2 Å². The molecule has 0 radical (unpaired) electrons. The zero-order valence-corrected chi connectivity index (χ0v) is 11.5. The number of nitrogens with zero attached hydrogens (tertiary/aromatic N) is 1. The third-order valence-corrected chi connectivity index (χ3v) is 3.81. The minimum Gasteiger partial charge on any atom is -0.311 e. The van der Waals surface area contributed by atoms with Crippen molar-refractivity contribution in [1.82, 2.24) is 10.2 Å². The van der Waals surface area contributed by atoms with Gasteiger partial charge < -0.3 is 5.32 Å². The van der Waals surface area contributed by atoms with E-state index in [0.717, 1.165) is 12.1 Å². The van der Waals surface area contributed by atoms with E-state index < -0.39 is 6.43 Å². The molecule has 1 aliphatic heterocycles. The van der Waals surface area contributed by atoms with Gasteiger partial charge in [0.05, 0.1) is 6.54 Å². The zero-order valence-electron chi connectivity index (χ0n) is 11.5. The molecular formula is C15H22F2N2. The first kappa shape index (κ1) is 14.4. The summed E-state index contributed by atoms with van der Waals surface area (Å²) in [4.78, 5) is 1.92.